The lowest BCUT2D eigenvalue weighted by molar-refractivity contribution is 0.0903. The molecule has 3 rings (SSSR count). The number of carbonyl (C=O) groups excluding carboxylic acids is 1. The van der Waals surface area contributed by atoms with Crippen LogP contribution in [0.2, 0.25) is 5.02 Å². The van der Waals surface area contributed by atoms with Crippen molar-refractivity contribution in [2.24, 2.45) is 0 Å². The van der Waals surface area contributed by atoms with Crippen LogP contribution in [-0.2, 0) is 6.54 Å². The van der Waals surface area contributed by atoms with Crippen LogP contribution in [0.4, 0.5) is 10.1 Å². The summed E-state index contributed by atoms with van der Waals surface area (Å²) < 4.78 is 18.9. The number of nitrogens with zero attached hydrogens (tertiary/aromatic N) is 1. The van der Waals surface area contributed by atoms with Crippen LogP contribution in [0.15, 0.2) is 30.3 Å². The summed E-state index contributed by atoms with van der Waals surface area (Å²) in [4.78, 5) is 14.9. The minimum absolute atomic E-state index is 0.0344. The minimum Gasteiger partial charge on any atom is -0.505 e. The maximum Gasteiger partial charge on any atom is 0.255 e. The second-order valence-corrected chi connectivity index (χ2v) is 7.62. The summed E-state index contributed by atoms with van der Waals surface area (Å²) >= 11 is 6.06. The highest BCUT2D eigenvalue weighted by molar-refractivity contribution is 6.33. The van der Waals surface area contributed by atoms with Gasteiger partial charge in [0.15, 0.2) is 11.6 Å². The molecular formula is C21H25ClFN3O4. The van der Waals surface area contributed by atoms with E-state index in [9.17, 15) is 14.3 Å². The van der Waals surface area contributed by atoms with Gasteiger partial charge in [-0.3, -0.25) is 9.69 Å². The molecule has 0 aromatic heterocycles. The van der Waals surface area contributed by atoms with Crippen LogP contribution in [0.5, 0.6) is 11.5 Å². The molecule has 162 valence electrons. The topological polar surface area (TPSA) is 108 Å². The number of aliphatic hydroxyl groups excluding tert-OH is 1. The van der Waals surface area contributed by atoms with Crippen LogP contribution in [0.1, 0.15) is 28.8 Å². The number of anilines is 1. The highest BCUT2D eigenvalue weighted by atomic mass is 35.5. The fourth-order valence-corrected chi connectivity index (χ4v) is 3.61. The van der Waals surface area contributed by atoms with Crippen molar-refractivity contribution in [3.05, 3.63) is 52.3 Å². The van der Waals surface area contributed by atoms with Crippen LogP contribution in [0.25, 0.3) is 0 Å². The first-order valence-corrected chi connectivity index (χ1v) is 10.1. The number of nitrogens with two attached hydrogens (primary N) is 1. The third-order valence-electron chi connectivity index (χ3n) is 5.08. The van der Waals surface area contributed by atoms with E-state index in [1.54, 1.807) is 12.1 Å². The fourth-order valence-electron chi connectivity index (χ4n) is 3.45. The Morgan fingerprint density at radius 2 is 2.07 bits per heavy atom. The Balaban J connectivity index is 1.59. The molecule has 0 atom stereocenters. The lowest BCUT2D eigenvalue weighted by atomic mass is 10.0. The van der Waals surface area contributed by atoms with Gasteiger partial charge in [0.25, 0.3) is 5.91 Å². The number of carbonyl (C=O) groups is 1. The van der Waals surface area contributed by atoms with Crippen molar-refractivity contribution < 1.29 is 24.1 Å². The number of nitrogens with one attached hydrogen (secondary N) is 1. The first kappa shape index (κ1) is 22.1. The Bertz CT molecular complexity index is 904. The van der Waals surface area contributed by atoms with Crippen molar-refractivity contribution in [3.8, 4) is 11.5 Å². The molecule has 0 bridgehead atoms. The number of para-hydroxylation sites is 1. The molecule has 9 heteroatoms. The third-order valence-corrected chi connectivity index (χ3v) is 5.41. The smallest absolute Gasteiger partial charge is 0.255 e. The van der Waals surface area contributed by atoms with Gasteiger partial charge in [-0.05, 0) is 25.0 Å². The van der Waals surface area contributed by atoms with Crippen LogP contribution in [0, 0.1) is 5.82 Å². The van der Waals surface area contributed by atoms with E-state index in [0.29, 0.717) is 38.0 Å². The molecule has 2 aromatic carbocycles. The van der Waals surface area contributed by atoms with Crippen LogP contribution >= 0.6 is 11.6 Å². The predicted octanol–water partition coefficient (Wildman–Crippen LogP) is 2.53. The third kappa shape index (κ3) is 5.33. The van der Waals surface area contributed by atoms with Crippen LogP contribution < -0.4 is 15.8 Å². The maximum atomic E-state index is 13.5. The molecule has 1 aliphatic heterocycles. The Morgan fingerprint density at radius 1 is 1.33 bits per heavy atom. The van der Waals surface area contributed by atoms with Crippen molar-refractivity contribution in [2.75, 3.05) is 32.0 Å². The van der Waals surface area contributed by atoms with Crippen molar-refractivity contribution in [1.29, 1.82) is 0 Å². The summed E-state index contributed by atoms with van der Waals surface area (Å²) in [6.45, 7) is 1.67. The van der Waals surface area contributed by atoms with Crippen molar-refractivity contribution in [1.82, 2.24) is 10.2 Å². The number of ether oxygens (including phenoxy) is 1. The molecule has 0 unspecified atom stereocenters. The number of aromatic hydroxyl groups is 1. The summed E-state index contributed by atoms with van der Waals surface area (Å²) in [7, 11) is 0. The molecule has 1 fully saturated rings. The maximum absolute atomic E-state index is 13.5. The standard InChI is InChI=1S/C21H25ClFN3O4/c22-16-10-15(19(11-18(16)24)30-9-8-27)21(29)25-14-4-6-26(7-5-14)12-13-2-1-3-17(23)20(13)28/h1-3,10-11,14,27-28H,4-9,12,24H2,(H,25,29). The second kappa shape index (κ2) is 9.97. The highest BCUT2D eigenvalue weighted by Crippen LogP contribution is 2.29. The Hall–Kier alpha value is -2.55. The van der Waals surface area contributed by atoms with Gasteiger partial charge in [-0.2, -0.15) is 0 Å². The zero-order valence-corrected chi connectivity index (χ0v) is 17.2. The number of benzene rings is 2. The lowest BCUT2D eigenvalue weighted by Gasteiger charge is -2.32. The second-order valence-electron chi connectivity index (χ2n) is 7.21. The van der Waals surface area contributed by atoms with Gasteiger partial charge in [0.05, 0.1) is 22.9 Å². The number of phenols is 1. The average molecular weight is 438 g/mol. The lowest BCUT2D eigenvalue weighted by Crippen LogP contribution is -2.44. The average Bonchev–Trinajstić information content (AvgIpc) is 2.73. The molecule has 1 heterocycles. The number of hydrogen-bond acceptors (Lipinski definition) is 6. The molecule has 5 N–H and O–H groups in total. The monoisotopic (exact) mass is 437 g/mol. The van der Waals surface area contributed by atoms with Gasteiger partial charge in [0.2, 0.25) is 0 Å². The molecule has 7 nitrogen and oxygen atoms in total. The van der Waals surface area contributed by atoms with Crippen LogP contribution in [0.3, 0.4) is 0 Å². The van der Waals surface area contributed by atoms with E-state index < -0.39 is 5.82 Å². The number of halogens is 2. The van der Waals surface area contributed by atoms with E-state index in [4.69, 9.17) is 27.2 Å². The number of likely N-dealkylation sites (tertiary alicyclic amines) is 1. The zero-order chi connectivity index (χ0) is 21.7. The van der Waals surface area contributed by atoms with Gasteiger partial charge in [0.1, 0.15) is 12.4 Å². The first-order chi connectivity index (χ1) is 14.4. The van der Waals surface area contributed by atoms with Crippen molar-refractivity contribution in [2.45, 2.75) is 25.4 Å². The van der Waals surface area contributed by atoms with Gasteiger partial charge in [-0.25, -0.2) is 4.39 Å². The zero-order valence-electron chi connectivity index (χ0n) is 16.4. The summed E-state index contributed by atoms with van der Waals surface area (Å²) in [5.41, 5.74) is 6.88. The number of phenolic OH excluding ortho intramolecular Hbond substituents is 1. The van der Waals surface area contributed by atoms with E-state index in [1.807, 2.05) is 0 Å². The Morgan fingerprint density at radius 3 is 2.77 bits per heavy atom. The summed E-state index contributed by atoms with van der Waals surface area (Å²) in [5, 5.41) is 22.1. The Labute approximate surface area is 179 Å². The SMILES string of the molecule is Nc1cc(OCCO)c(C(=O)NC2CCN(Cc3cccc(F)c3O)CC2)cc1Cl. The van der Waals surface area contributed by atoms with Crippen LogP contribution in [-0.4, -0.2) is 53.4 Å². The molecule has 30 heavy (non-hydrogen) atoms. The van der Waals surface area contributed by atoms with E-state index in [2.05, 4.69) is 10.2 Å². The van der Waals surface area contributed by atoms with Gasteiger partial charge in [0, 0.05) is 37.3 Å². The number of nitrogen functional groups attached to an aromatic ring is 1. The summed E-state index contributed by atoms with van der Waals surface area (Å²) in [6.07, 6.45) is 1.41. The van der Waals surface area contributed by atoms with E-state index in [1.165, 1.54) is 18.2 Å². The predicted molar refractivity (Wildman–Crippen MR) is 112 cm³/mol. The largest absolute Gasteiger partial charge is 0.505 e. The number of hydrogen-bond donors (Lipinski definition) is 4. The normalized spacial score (nSPS) is 15.2. The molecule has 1 amide bonds. The minimum atomic E-state index is -0.629. The molecule has 0 saturated carbocycles. The van der Waals surface area contributed by atoms with E-state index >= 15 is 0 Å². The van der Waals surface area contributed by atoms with E-state index in [-0.39, 0.29) is 52.9 Å². The Kier molecular flexibility index (Phi) is 7.36. The number of piperidine rings is 1. The number of aliphatic hydroxyl groups is 1. The van der Waals surface area contributed by atoms with Gasteiger partial charge in [-0.15, -0.1) is 0 Å². The quantitative estimate of drug-likeness (QED) is 0.496. The summed E-state index contributed by atoms with van der Waals surface area (Å²) in [6, 6.07) is 7.39. The molecule has 1 saturated heterocycles. The number of rotatable bonds is 7. The van der Waals surface area contributed by atoms with Crippen molar-refractivity contribution >= 4 is 23.2 Å². The highest BCUT2D eigenvalue weighted by Gasteiger charge is 2.24. The first-order valence-electron chi connectivity index (χ1n) is 9.71. The number of amides is 1. The summed E-state index contributed by atoms with van der Waals surface area (Å²) in [5.74, 6) is -1.01. The van der Waals surface area contributed by atoms with Gasteiger partial charge >= 0.3 is 0 Å². The molecule has 0 aliphatic carbocycles. The van der Waals surface area contributed by atoms with E-state index in [0.717, 1.165) is 0 Å². The molecular weight excluding hydrogens is 413 g/mol. The molecule has 0 spiro atoms. The van der Waals surface area contributed by atoms with Crippen molar-refractivity contribution in [3.63, 3.8) is 0 Å². The van der Waals surface area contributed by atoms with Gasteiger partial charge < -0.3 is 26.0 Å². The molecule has 1 aliphatic rings. The molecule has 0 radical (unpaired) electrons. The fraction of sp³-hybridized carbons (Fsp3) is 0.381. The van der Waals surface area contributed by atoms with Gasteiger partial charge in [-0.1, -0.05) is 23.7 Å². The molecule has 2 aromatic rings.